The quantitative estimate of drug-likeness (QED) is 0.678. The Balaban J connectivity index is 1.27. The average molecular weight is 420 g/mol. The maximum absolute atomic E-state index is 12.7. The van der Waals surface area contributed by atoms with Gasteiger partial charge in [0.2, 0.25) is 0 Å². The number of nitrogens with zero attached hydrogens (tertiary/aromatic N) is 5. The minimum atomic E-state index is -4.36. The number of alkyl halides is 3. The van der Waals surface area contributed by atoms with Crippen molar-refractivity contribution in [3.8, 4) is 10.7 Å². The van der Waals surface area contributed by atoms with Gasteiger partial charge in [-0.25, -0.2) is 9.97 Å². The molecule has 10 heteroatoms. The van der Waals surface area contributed by atoms with Gasteiger partial charge in [0.05, 0.1) is 17.5 Å². The SMILES string of the molecule is FC(F)(F)c1ccc(N2CCC(NCc3csc(-c4cnccn4)n3)CC2)nc1. The third-order valence-corrected chi connectivity index (χ3v) is 5.71. The molecule has 0 aromatic carbocycles. The number of nitrogens with one attached hydrogen (secondary N) is 1. The Labute approximate surface area is 169 Å². The van der Waals surface area contributed by atoms with Gasteiger partial charge in [0.1, 0.15) is 16.5 Å². The van der Waals surface area contributed by atoms with E-state index in [0.29, 0.717) is 18.4 Å². The Morgan fingerprint density at radius 1 is 1.10 bits per heavy atom. The maximum Gasteiger partial charge on any atom is 0.417 e. The summed E-state index contributed by atoms with van der Waals surface area (Å²) in [5.74, 6) is 0.588. The zero-order chi connectivity index (χ0) is 20.3. The molecule has 4 heterocycles. The van der Waals surface area contributed by atoms with Crippen LogP contribution in [0.15, 0.2) is 42.3 Å². The number of piperidine rings is 1. The molecule has 0 saturated carbocycles. The van der Waals surface area contributed by atoms with Gasteiger partial charge in [0.25, 0.3) is 0 Å². The molecule has 3 aromatic heterocycles. The van der Waals surface area contributed by atoms with E-state index >= 15 is 0 Å². The molecule has 0 bridgehead atoms. The minimum absolute atomic E-state index is 0.336. The molecule has 0 unspecified atom stereocenters. The Morgan fingerprint density at radius 2 is 1.93 bits per heavy atom. The highest BCUT2D eigenvalue weighted by molar-refractivity contribution is 7.13. The van der Waals surface area contributed by atoms with E-state index in [9.17, 15) is 13.2 Å². The molecule has 1 aliphatic heterocycles. The second kappa shape index (κ2) is 8.42. The van der Waals surface area contributed by atoms with E-state index in [4.69, 9.17) is 0 Å². The molecule has 0 radical (unpaired) electrons. The molecule has 0 atom stereocenters. The van der Waals surface area contributed by atoms with E-state index in [-0.39, 0.29) is 0 Å². The lowest BCUT2D eigenvalue weighted by molar-refractivity contribution is -0.137. The predicted octanol–water partition coefficient (Wildman–Crippen LogP) is 3.77. The summed E-state index contributed by atoms with van der Waals surface area (Å²) in [4.78, 5) is 18.9. The second-order valence-corrected chi connectivity index (χ2v) is 7.64. The average Bonchev–Trinajstić information content (AvgIpc) is 3.22. The molecule has 1 saturated heterocycles. The highest BCUT2D eigenvalue weighted by Crippen LogP contribution is 2.30. The summed E-state index contributed by atoms with van der Waals surface area (Å²) in [6.45, 7) is 2.16. The van der Waals surface area contributed by atoms with Gasteiger partial charge in [-0.15, -0.1) is 11.3 Å². The standard InChI is InChI=1S/C19H19F3N6S/c20-19(21,22)13-1-2-17(26-9-13)28-7-3-14(4-8-28)25-10-15-12-29-18(27-15)16-11-23-5-6-24-16/h1-2,5-6,9,11-12,14,25H,3-4,7-8,10H2. The molecule has 3 aromatic rings. The first kappa shape index (κ1) is 19.7. The molecule has 29 heavy (non-hydrogen) atoms. The van der Waals surface area contributed by atoms with Crippen LogP contribution in [0.3, 0.4) is 0 Å². The van der Waals surface area contributed by atoms with Gasteiger partial charge in [-0.2, -0.15) is 13.2 Å². The third kappa shape index (κ3) is 4.88. The van der Waals surface area contributed by atoms with Crippen molar-refractivity contribution in [1.29, 1.82) is 0 Å². The fourth-order valence-electron chi connectivity index (χ4n) is 3.22. The summed E-state index contributed by atoms with van der Waals surface area (Å²) >= 11 is 1.54. The van der Waals surface area contributed by atoms with Crippen molar-refractivity contribution in [3.63, 3.8) is 0 Å². The van der Waals surface area contributed by atoms with Gasteiger partial charge >= 0.3 is 6.18 Å². The van der Waals surface area contributed by atoms with E-state index in [2.05, 4.69) is 25.3 Å². The molecular weight excluding hydrogens is 401 g/mol. The smallest absolute Gasteiger partial charge is 0.357 e. The van der Waals surface area contributed by atoms with Crippen molar-refractivity contribution in [2.24, 2.45) is 0 Å². The van der Waals surface area contributed by atoms with Crippen LogP contribution in [0.1, 0.15) is 24.1 Å². The van der Waals surface area contributed by atoms with Crippen LogP contribution < -0.4 is 10.2 Å². The van der Waals surface area contributed by atoms with Crippen LogP contribution in [0.2, 0.25) is 0 Å². The molecule has 1 aliphatic rings. The number of rotatable bonds is 5. The van der Waals surface area contributed by atoms with Crippen LogP contribution in [-0.4, -0.2) is 39.1 Å². The Kier molecular flexibility index (Phi) is 5.72. The van der Waals surface area contributed by atoms with Crippen LogP contribution in [0.4, 0.5) is 19.0 Å². The zero-order valence-corrected chi connectivity index (χ0v) is 16.2. The highest BCUT2D eigenvalue weighted by Gasteiger charge is 2.31. The minimum Gasteiger partial charge on any atom is -0.357 e. The van der Waals surface area contributed by atoms with E-state index in [1.807, 2.05) is 10.3 Å². The second-order valence-electron chi connectivity index (χ2n) is 6.78. The molecule has 0 amide bonds. The fourth-order valence-corrected chi connectivity index (χ4v) is 4.00. The van der Waals surface area contributed by atoms with Crippen molar-refractivity contribution in [2.75, 3.05) is 18.0 Å². The van der Waals surface area contributed by atoms with Crippen LogP contribution in [-0.2, 0) is 12.7 Å². The first-order chi connectivity index (χ1) is 14.0. The van der Waals surface area contributed by atoms with Crippen LogP contribution in [0.5, 0.6) is 0 Å². The fraction of sp³-hybridized carbons (Fsp3) is 0.368. The summed E-state index contributed by atoms with van der Waals surface area (Å²) in [6, 6.07) is 2.87. The first-order valence-corrected chi connectivity index (χ1v) is 10.1. The number of hydrogen-bond donors (Lipinski definition) is 1. The van der Waals surface area contributed by atoms with Crippen molar-refractivity contribution >= 4 is 17.2 Å². The summed E-state index contributed by atoms with van der Waals surface area (Å²) < 4.78 is 38.0. The number of thiazole rings is 1. The number of halogens is 3. The maximum atomic E-state index is 12.7. The molecule has 1 fully saturated rings. The number of aromatic nitrogens is 4. The van der Waals surface area contributed by atoms with Gasteiger partial charge in [-0.3, -0.25) is 9.97 Å². The molecule has 152 valence electrons. The predicted molar refractivity (Wildman–Crippen MR) is 104 cm³/mol. The van der Waals surface area contributed by atoms with Crippen molar-refractivity contribution in [3.05, 3.63) is 53.6 Å². The van der Waals surface area contributed by atoms with Gasteiger partial charge in [0, 0.05) is 49.6 Å². The lowest BCUT2D eigenvalue weighted by Gasteiger charge is -2.33. The first-order valence-electron chi connectivity index (χ1n) is 9.21. The monoisotopic (exact) mass is 420 g/mol. The van der Waals surface area contributed by atoms with Crippen molar-refractivity contribution in [1.82, 2.24) is 25.3 Å². The topological polar surface area (TPSA) is 66.8 Å². The van der Waals surface area contributed by atoms with Gasteiger partial charge in [-0.1, -0.05) is 0 Å². The van der Waals surface area contributed by atoms with Gasteiger partial charge in [0.15, 0.2) is 0 Å². The van der Waals surface area contributed by atoms with Gasteiger partial charge in [-0.05, 0) is 25.0 Å². The van der Waals surface area contributed by atoms with E-state index in [1.54, 1.807) is 18.6 Å². The number of hydrogen-bond acceptors (Lipinski definition) is 7. The Morgan fingerprint density at radius 3 is 2.59 bits per heavy atom. The van der Waals surface area contributed by atoms with Crippen LogP contribution in [0, 0.1) is 0 Å². The lowest BCUT2D eigenvalue weighted by Crippen LogP contribution is -2.42. The van der Waals surface area contributed by atoms with Crippen molar-refractivity contribution in [2.45, 2.75) is 31.6 Å². The van der Waals surface area contributed by atoms with Crippen LogP contribution >= 0.6 is 11.3 Å². The van der Waals surface area contributed by atoms with E-state index < -0.39 is 11.7 Å². The number of pyridine rings is 1. The van der Waals surface area contributed by atoms with Gasteiger partial charge < -0.3 is 10.2 Å². The molecule has 4 rings (SSSR count). The third-order valence-electron chi connectivity index (χ3n) is 4.80. The number of anilines is 1. The largest absolute Gasteiger partial charge is 0.417 e. The van der Waals surface area contributed by atoms with Crippen LogP contribution in [0.25, 0.3) is 10.7 Å². The van der Waals surface area contributed by atoms with E-state index in [0.717, 1.165) is 54.6 Å². The lowest BCUT2D eigenvalue weighted by atomic mass is 10.0. The zero-order valence-electron chi connectivity index (χ0n) is 15.4. The Bertz CT molecular complexity index is 921. The molecule has 0 spiro atoms. The molecule has 0 aliphatic carbocycles. The molecular formula is C19H19F3N6S. The van der Waals surface area contributed by atoms with Crippen molar-refractivity contribution < 1.29 is 13.2 Å². The molecule has 6 nitrogen and oxygen atoms in total. The summed E-state index contributed by atoms with van der Waals surface area (Å²) in [7, 11) is 0. The molecule has 1 N–H and O–H groups in total. The Hall–Kier alpha value is -2.59. The summed E-state index contributed by atoms with van der Waals surface area (Å²) in [5, 5.41) is 6.37. The normalized spacial score (nSPS) is 15.6. The summed E-state index contributed by atoms with van der Waals surface area (Å²) in [5.41, 5.74) is 1.01. The van der Waals surface area contributed by atoms with E-state index in [1.165, 1.54) is 17.4 Å². The highest BCUT2D eigenvalue weighted by atomic mass is 32.1. The summed E-state index contributed by atoms with van der Waals surface area (Å²) in [6.07, 6.45) is 3.30.